The zero-order valence-corrected chi connectivity index (χ0v) is 23.3. The van der Waals surface area contributed by atoms with E-state index < -0.39 is 0 Å². The Bertz CT molecular complexity index is 2230. The second kappa shape index (κ2) is 9.87. The molecule has 0 spiro atoms. The number of benzene rings is 7. The molecule has 0 aliphatic carbocycles. The van der Waals surface area contributed by atoms with Gasteiger partial charge in [0, 0.05) is 12.6 Å². The molecular formula is C40H28N2. The summed E-state index contributed by atoms with van der Waals surface area (Å²) >= 11 is 0. The standard InChI is InChI=1S/C40H28N2/c1-42-37-24-22-31(26-36(37)41-40(42)29-17-9-4-10-18-29)30-21-23-34-35(25-30)39(28-15-7-3-8-16-28)33-20-12-11-19-32(33)38(34)27-13-5-2-6-14-27/h2-26H,1H3. The molecule has 0 saturated heterocycles. The Balaban J connectivity index is 1.40. The lowest BCUT2D eigenvalue weighted by Gasteiger charge is -2.18. The van der Waals surface area contributed by atoms with Gasteiger partial charge >= 0.3 is 0 Å². The summed E-state index contributed by atoms with van der Waals surface area (Å²) in [6, 6.07) is 54.4. The van der Waals surface area contributed by atoms with Gasteiger partial charge in [0.2, 0.25) is 0 Å². The van der Waals surface area contributed by atoms with Crippen LogP contribution in [0, 0.1) is 0 Å². The van der Waals surface area contributed by atoms with E-state index in [4.69, 9.17) is 4.98 Å². The second-order valence-corrected chi connectivity index (χ2v) is 10.9. The van der Waals surface area contributed by atoms with Crippen LogP contribution in [0.25, 0.3) is 77.3 Å². The van der Waals surface area contributed by atoms with Crippen molar-refractivity contribution in [2.45, 2.75) is 0 Å². The fourth-order valence-corrected chi connectivity index (χ4v) is 6.41. The van der Waals surface area contributed by atoms with Gasteiger partial charge in [-0.3, -0.25) is 0 Å². The molecule has 0 radical (unpaired) electrons. The molecule has 7 aromatic carbocycles. The summed E-state index contributed by atoms with van der Waals surface area (Å²) in [5.74, 6) is 0.978. The molecule has 0 amide bonds. The number of rotatable bonds is 4. The zero-order valence-electron chi connectivity index (χ0n) is 23.3. The number of aryl methyl sites for hydroxylation is 1. The van der Waals surface area contributed by atoms with Crippen molar-refractivity contribution in [1.82, 2.24) is 9.55 Å². The Kier molecular flexibility index (Phi) is 5.72. The van der Waals surface area contributed by atoms with Gasteiger partial charge < -0.3 is 4.57 Å². The van der Waals surface area contributed by atoms with Crippen molar-refractivity contribution in [1.29, 1.82) is 0 Å². The normalized spacial score (nSPS) is 11.5. The first-order valence-electron chi connectivity index (χ1n) is 14.4. The Morgan fingerprint density at radius 2 is 0.881 bits per heavy atom. The van der Waals surface area contributed by atoms with Crippen LogP contribution in [0.4, 0.5) is 0 Å². The zero-order chi connectivity index (χ0) is 28.0. The number of hydrogen-bond acceptors (Lipinski definition) is 1. The van der Waals surface area contributed by atoms with Crippen LogP contribution in [0.5, 0.6) is 0 Å². The van der Waals surface area contributed by atoms with E-state index >= 15 is 0 Å². The van der Waals surface area contributed by atoms with E-state index in [2.05, 4.69) is 157 Å². The Morgan fingerprint density at radius 3 is 1.50 bits per heavy atom. The van der Waals surface area contributed by atoms with Crippen molar-refractivity contribution in [3.05, 3.63) is 152 Å². The van der Waals surface area contributed by atoms with Gasteiger partial charge in [0.05, 0.1) is 11.0 Å². The molecule has 0 N–H and O–H groups in total. The summed E-state index contributed by atoms with van der Waals surface area (Å²) in [6.45, 7) is 0. The largest absolute Gasteiger partial charge is 0.327 e. The molecule has 0 atom stereocenters. The van der Waals surface area contributed by atoms with E-state index in [9.17, 15) is 0 Å². The highest BCUT2D eigenvalue weighted by Crippen LogP contribution is 2.44. The van der Waals surface area contributed by atoms with E-state index in [1.165, 1.54) is 49.4 Å². The van der Waals surface area contributed by atoms with Crippen LogP contribution >= 0.6 is 0 Å². The molecule has 0 bridgehead atoms. The maximum atomic E-state index is 5.05. The van der Waals surface area contributed by atoms with Crippen LogP contribution in [0.2, 0.25) is 0 Å². The first kappa shape index (κ1) is 24.3. The molecule has 0 fully saturated rings. The van der Waals surface area contributed by atoms with Crippen LogP contribution in [0.15, 0.2) is 152 Å². The average Bonchev–Trinajstić information content (AvgIpc) is 3.40. The summed E-state index contributed by atoms with van der Waals surface area (Å²) < 4.78 is 2.18. The number of imidazole rings is 1. The first-order valence-corrected chi connectivity index (χ1v) is 14.4. The highest BCUT2D eigenvalue weighted by atomic mass is 15.1. The highest BCUT2D eigenvalue weighted by molar-refractivity contribution is 6.22. The van der Waals surface area contributed by atoms with Crippen molar-refractivity contribution in [3.63, 3.8) is 0 Å². The Morgan fingerprint density at radius 1 is 0.405 bits per heavy atom. The van der Waals surface area contributed by atoms with Gasteiger partial charge in [-0.25, -0.2) is 4.98 Å². The monoisotopic (exact) mass is 536 g/mol. The molecule has 42 heavy (non-hydrogen) atoms. The lowest BCUT2D eigenvalue weighted by Crippen LogP contribution is -1.92. The van der Waals surface area contributed by atoms with Gasteiger partial charge in [0.25, 0.3) is 0 Å². The van der Waals surface area contributed by atoms with Crippen LogP contribution in [-0.2, 0) is 7.05 Å². The van der Waals surface area contributed by atoms with Crippen LogP contribution in [-0.4, -0.2) is 9.55 Å². The van der Waals surface area contributed by atoms with Crippen molar-refractivity contribution in [2.75, 3.05) is 0 Å². The molecule has 0 aliphatic rings. The smallest absolute Gasteiger partial charge is 0.140 e. The molecule has 2 heteroatoms. The van der Waals surface area contributed by atoms with Crippen LogP contribution in [0.3, 0.4) is 0 Å². The van der Waals surface area contributed by atoms with E-state index in [0.29, 0.717) is 0 Å². The number of hydrogen-bond donors (Lipinski definition) is 0. The predicted octanol–water partition coefficient (Wildman–Crippen LogP) is 10.5. The molecule has 0 saturated carbocycles. The number of nitrogens with zero attached hydrogens (tertiary/aromatic N) is 2. The van der Waals surface area contributed by atoms with Crippen molar-refractivity contribution in [2.24, 2.45) is 7.05 Å². The third-order valence-electron chi connectivity index (χ3n) is 8.40. The fraction of sp³-hybridized carbons (Fsp3) is 0.0250. The number of aromatic nitrogens is 2. The summed E-state index contributed by atoms with van der Waals surface area (Å²) in [6.07, 6.45) is 0. The third kappa shape index (κ3) is 3.92. The maximum Gasteiger partial charge on any atom is 0.140 e. The lowest BCUT2D eigenvalue weighted by molar-refractivity contribution is 0.959. The predicted molar refractivity (Wildman–Crippen MR) is 177 cm³/mol. The van der Waals surface area contributed by atoms with Gasteiger partial charge in [0.1, 0.15) is 5.82 Å². The van der Waals surface area contributed by atoms with Gasteiger partial charge in [0.15, 0.2) is 0 Å². The van der Waals surface area contributed by atoms with Gasteiger partial charge in [-0.2, -0.15) is 0 Å². The van der Waals surface area contributed by atoms with E-state index in [1.807, 2.05) is 6.07 Å². The van der Waals surface area contributed by atoms with Crippen molar-refractivity contribution < 1.29 is 0 Å². The van der Waals surface area contributed by atoms with E-state index in [0.717, 1.165) is 28.0 Å². The quantitative estimate of drug-likeness (QED) is 0.205. The minimum Gasteiger partial charge on any atom is -0.327 e. The fourth-order valence-electron chi connectivity index (χ4n) is 6.41. The highest BCUT2D eigenvalue weighted by Gasteiger charge is 2.18. The summed E-state index contributed by atoms with van der Waals surface area (Å²) in [5.41, 5.74) is 10.6. The molecule has 198 valence electrons. The van der Waals surface area contributed by atoms with E-state index in [-0.39, 0.29) is 0 Å². The second-order valence-electron chi connectivity index (χ2n) is 10.9. The number of fused-ring (bicyclic) bond motifs is 3. The summed E-state index contributed by atoms with van der Waals surface area (Å²) in [4.78, 5) is 5.05. The molecule has 8 rings (SSSR count). The molecule has 1 aromatic heterocycles. The van der Waals surface area contributed by atoms with Crippen LogP contribution in [0.1, 0.15) is 0 Å². The van der Waals surface area contributed by atoms with Gasteiger partial charge in [-0.05, 0) is 73.1 Å². The molecule has 0 unspecified atom stereocenters. The molecule has 2 nitrogen and oxygen atoms in total. The van der Waals surface area contributed by atoms with Crippen molar-refractivity contribution in [3.8, 4) is 44.8 Å². The Hall–Kier alpha value is -5.47. The first-order chi connectivity index (χ1) is 20.8. The molecule has 1 heterocycles. The molecular weight excluding hydrogens is 508 g/mol. The minimum atomic E-state index is 0.978. The van der Waals surface area contributed by atoms with Crippen molar-refractivity contribution >= 4 is 32.6 Å². The van der Waals surface area contributed by atoms with Gasteiger partial charge in [-0.1, -0.05) is 133 Å². The molecule has 8 aromatic rings. The molecule has 0 aliphatic heterocycles. The maximum absolute atomic E-state index is 5.05. The summed E-state index contributed by atoms with van der Waals surface area (Å²) in [7, 11) is 2.09. The van der Waals surface area contributed by atoms with Gasteiger partial charge in [-0.15, -0.1) is 0 Å². The SMILES string of the molecule is Cn1c(-c2ccccc2)nc2cc(-c3ccc4c(-c5ccccc5)c5ccccc5c(-c5ccccc5)c4c3)ccc21. The Labute approximate surface area is 245 Å². The minimum absolute atomic E-state index is 0.978. The van der Waals surface area contributed by atoms with Crippen LogP contribution < -0.4 is 0 Å². The summed E-state index contributed by atoms with van der Waals surface area (Å²) in [5, 5.41) is 5.04. The van der Waals surface area contributed by atoms with E-state index in [1.54, 1.807) is 0 Å². The average molecular weight is 537 g/mol. The third-order valence-corrected chi connectivity index (χ3v) is 8.40. The topological polar surface area (TPSA) is 17.8 Å². The lowest BCUT2D eigenvalue weighted by atomic mass is 9.85.